The maximum absolute atomic E-state index is 11.3. The average Bonchev–Trinajstić information content (AvgIpc) is 2.50. The van der Waals surface area contributed by atoms with Gasteiger partial charge in [-0.1, -0.05) is 70.4 Å². The van der Waals surface area contributed by atoms with Gasteiger partial charge in [-0.25, -0.2) is 0 Å². The molecule has 0 aromatic carbocycles. The fraction of sp³-hybridized carbons (Fsp3) is 0.857. The van der Waals surface area contributed by atoms with Gasteiger partial charge in [0.1, 0.15) is 0 Å². The van der Waals surface area contributed by atoms with Crippen LogP contribution in [0.1, 0.15) is 111 Å². The van der Waals surface area contributed by atoms with Gasteiger partial charge < -0.3 is 4.74 Å². The van der Waals surface area contributed by atoms with E-state index in [1.54, 1.807) is 0 Å². The third-order valence-electron chi connectivity index (χ3n) is 4.01. The predicted octanol–water partition coefficient (Wildman–Crippen LogP) is 6.98. The highest BCUT2D eigenvalue weighted by Gasteiger charge is 2.03. The first-order valence-electron chi connectivity index (χ1n) is 10.0. The Balaban J connectivity index is 3.18. The minimum Gasteiger partial charge on any atom is -0.463 e. The molecule has 0 aliphatic heterocycles. The summed E-state index contributed by atoms with van der Waals surface area (Å²) >= 11 is 0. The molecule has 0 aromatic heterocycles. The molecule has 0 saturated carbocycles. The number of carbonyl (C=O) groups excluding carboxylic acids is 1. The Morgan fingerprint density at radius 3 is 1.78 bits per heavy atom. The Hall–Kier alpha value is -0.790. The first-order chi connectivity index (χ1) is 11.2. The van der Waals surface area contributed by atoms with E-state index in [-0.39, 0.29) is 12.1 Å². The molecule has 0 fully saturated rings. The quantitative estimate of drug-likeness (QED) is 0.174. The molecule has 0 N–H and O–H groups in total. The second-order valence-corrected chi connectivity index (χ2v) is 6.87. The molecule has 0 saturated heterocycles. The van der Waals surface area contributed by atoms with E-state index < -0.39 is 0 Å². The van der Waals surface area contributed by atoms with Gasteiger partial charge in [-0.3, -0.25) is 4.79 Å². The second kappa shape index (κ2) is 17.6. The molecular formula is C21H40O2. The van der Waals surface area contributed by atoms with E-state index in [1.807, 2.05) is 13.8 Å². The summed E-state index contributed by atoms with van der Waals surface area (Å²) in [5.41, 5.74) is 0. The van der Waals surface area contributed by atoms with E-state index in [0.29, 0.717) is 6.42 Å². The summed E-state index contributed by atoms with van der Waals surface area (Å²) in [5.74, 6) is -0.0568. The Kier molecular flexibility index (Phi) is 17.0. The zero-order valence-corrected chi connectivity index (χ0v) is 15.9. The van der Waals surface area contributed by atoms with Crippen LogP contribution in [0, 0.1) is 0 Å². The number of unbranched alkanes of at least 4 members (excludes halogenated alkanes) is 11. The average molecular weight is 325 g/mol. The molecule has 0 rings (SSSR count). The smallest absolute Gasteiger partial charge is 0.306 e. The monoisotopic (exact) mass is 324 g/mol. The molecule has 0 unspecified atom stereocenters. The van der Waals surface area contributed by atoms with Crippen LogP contribution in [0.4, 0.5) is 0 Å². The van der Waals surface area contributed by atoms with Gasteiger partial charge in [-0.2, -0.15) is 0 Å². The molecule has 0 aliphatic rings. The van der Waals surface area contributed by atoms with E-state index in [9.17, 15) is 4.79 Å². The van der Waals surface area contributed by atoms with Crippen LogP contribution in [-0.2, 0) is 9.53 Å². The van der Waals surface area contributed by atoms with Crippen LogP contribution < -0.4 is 0 Å². The maximum atomic E-state index is 11.3. The van der Waals surface area contributed by atoms with Crippen LogP contribution in [0.5, 0.6) is 0 Å². The van der Waals surface area contributed by atoms with Crippen molar-refractivity contribution in [3.05, 3.63) is 12.2 Å². The van der Waals surface area contributed by atoms with Crippen molar-refractivity contribution in [3.63, 3.8) is 0 Å². The van der Waals surface area contributed by atoms with Gasteiger partial charge in [0, 0.05) is 6.42 Å². The number of ether oxygens (including phenoxy) is 1. The van der Waals surface area contributed by atoms with Gasteiger partial charge in [0.2, 0.25) is 0 Å². The summed E-state index contributed by atoms with van der Waals surface area (Å²) in [6.45, 7) is 6.06. The lowest BCUT2D eigenvalue weighted by Gasteiger charge is -2.06. The lowest BCUT2D eigenvalue weighted by molar-refractivity contribution is -0.147. The highest BCUT2D eigenvalue weighted by Crippen LogP contribution is 2.11. The molecule has 2 heteroatoms. The molecule has 0 bridgehead atoms. The molecule has 0 heterocycles. The summed E-state index contributed by atoms with van der Waals surface area (Å²) in [4.78, 5) is 11.3. The van der Waals surface area contributed by atoms with Gasteiger partial charge in [0.05, 0.1) is 6.10 Å². The minimum atomic E-state index is -0.0568. The fourth-order valence-electron chi connectivity index (χ4n) is 2.66. The van der Waals surface area contributed by atoms with E-state index >= 15 is 0 Å². The molecule has 136 valence electrons. The Labute approximate surface area is 145 Å². The summed E-state index contributed by atoms with van der Waals surface area (Å²) in [7, 11) is 0. The van der Waals surface area contributed by atoms with Gasteiger partial charge in [-0.15, -0.1) is 0 Å². The van der Waals surface area contributed by atoms with E-state index in [0.717, 1.165) is 19.3 Å². The molecule has 0 spiro atoms. The van der Waals surface area contributed by atoms with Crippen molar-refractivity contribution in [3.8, 4) is 0 Å². The third-order valence-corrected chi connectivity index (χ3v) is 4.01. The zero-order chi connectivity index (χ0) is 17.2. The first kappa shape index (κ1) is 22.2. The standard InChI is InChI=1S/C21H40O2/c1-4-5-6-7-8-9-10-11-12-13-14-15-16-17-18-19-21(22)23-20(2)3/h14-15,20H,4-13,16-19H2,1-3H3/b15-14-. The molecular weight excluding hydrogens is 284 g/mol. The number of rotatable bonds is 16. The molecule has 0 atom stereocenters. The van der Waals surface area contributed by atoms with E-state index in [4.69, 9.17) is 4.74 Å². The predicted molar refractivity (Wildman–Crippen MR) is 101 cm³/mol. The highest BCUT2D eigenvalue weighted by molar-refractivity contribution is 5.69. The van der Waals surface area contributed by atoms with E-state index in [1.165, 1.54) is 64.2 Å². The number of esters is 1. The lowest BCUT2D eigenvalue weighted by Crippen LogP contribution is -2.10. The SMILES string of the molecule is CCCCCCCCCCC/C=C\CCCCC(=O)OC(C)C. The van der Waals surface area contributed by atoms with E-state index in [2.05, 4.69) is 19.1 Å². The summed E-state index contributed by atoms with van der Waals surface area (Å²) in [6, 6.07) is 0. The number of hydrogen-bond donors (Lipinski definition) is 0. The van der Waals surface area contributed by atoms with Crippen LogP contribution in [0.25, 0.3) is 0 Å². The number of carbonyl (C=O) groups is 1. The van der Waals surface area contributed by atoms with Crippen LogP contribution in [0.15, 0.2) is 12.2 Å². The molecule has 23 heavy (non-hydrogen) atoms. The Bertz CT molecular complexity index is 282. The topological polar surface area (TPSA) is 26.3 Å². The highest BCUT2D eigenvalue weighted by atomic mass is 16.5. The fourth-order valence-corrected chi connectivity index (χ4v) is 2.66. The zero-order valence-electron chi connectivity index (χ0n) is 15.9. The molecule has 0 aromatic rings. The third kappa shape index (κ3) is 19.2. The Morgan fingerprint density at radius 2 is 1.26 bits per heavy atom. The van der Waals surface area contributed by atoms with Crippen molar-refractivity contribution in [2.24, 2.45) is 0 Å². The number of hydrogen-bond acceptors (Lipinski definition) is 2. The van der Waals surface area contributed by atoms with Crippen molar-refractivity contribution >= 4 is 5.97 Å². The van der Waals surface area contributed by atoms with Crippen molar-refractivity contribution in [2.45, 2.75) is 117 Å². The van der Waals surface area contributed by atoms with Crippen LogP contribution in [-0.4, -0.2) is 12.1 Å². The lowest BCUT2D eigenvalue weighted by atomic mass is 10.1. The molecule has 0 amide bonds. The van der Waals surface area contributed by atoms with Gasteiger partial charge in [-0.05, 0) is 46.0 Å². The normalized spacial score (nSPS) is 11.5. The van der Waals surface area contributed by atoms with Crippen LogP contribution in [0.2, 0.25) is 0 Å². The molecule has 2 nitrogen and oxygen atoms in total. The van der Waals surface area contributed by atoms with Crippen LogP contribution in [0.3, 0.4) is 0 Å². The Morgan fingerprint density at radius 1 is 0.783 bits per heavy atom. The largest absolute Gasteiger partial charge is 0.463 e. The van der Waals surface area contributed by atoms with Crippen molar-refractivity contribution in [2.75, 3.05) is 0 Å². The summed E-state index contributed by atoms with van der Waals surface area (Å²) in [6.07, 6.45) is 22.0. The van der Waals surface area contributed by atoms with Crippen molar-refractivity contribution < 1.29 is 9.53 Å². The summed E-state index contributed by atoms with van der Waals surface area (Å²) in [5, 5.41) is 0. The van der Waals surface area contributed by atoms with Gasteiger partial charge in [0.25, 0.3) is 0 Å². The maximum Gasteiger partial charge on any atom is 0.306 e. The summed E-state index contributed by atoms with van der Waals surface area (Å²) < 4.78 is 5.11. The van der Waals surface area contributed by atoms with Crippen molar-refractivity contribution in [1.29, 1.82) is 0 Å². The van der Waals surface area contributed by atoms with Crippen molar-refractivity contribution in [1.82, 2.24) is 0 Å². The molecule has 0 radical (unpaired) electrons. The minimum absolute atomic E-state index is 0.0127. The van der Waals surface area contributed by atoms with Gasteiger partial charge in [0.15, 0.2) is 0 Å². The molecule has 0 aliphatic carbocycles. The van der Waals surface area contributed by atoms with Gasteiger partial charge >= 0.3 is 5.97 Å². The second-order valence-electron chi connectivity index (χ2n) is 6.87. The first-order valence-corrected chi connectivity index (χ1v) is 10.0. The number of allylic oxidation sites excluding steroid dienone is 2. The van der Waals surface area contributed by atoms with Crippen LogP contribution >= 0.6 is 0 Å².